The molecule has 4 rings (SSSR count). The van der Waals surface area contributed by atoms with Crippen LogP contribution in [-0.4, -0.2) is 56.3 Å². The lowest BCUT2D eigenvalue weighted by atomic mass is 10.2. The van der Waals surface area contributed by atoms with E-state index in [1.165, 1.54) is 4.31 Å². The van der Waals surface area contributed by atoms with Crippen molar-refractivity contribution in [3.05, 3.63) is 58.1 Å². The van der Waals surface area contributed by atoms with Gasteiger partial charge >= 0.3 is 0 Å². The molecule has 0 radical (unpaired) electrons. The number of piperazine rings is 1. The van der Waals surface area contributed by atoms with E-state index >= 15 is 0 Å². The first-order chi connectivity index (χ1) is 14.4. The molecule has 2 aromatic rings. The molecule has 0 spiro atoms. The Morgan fingerprint density at radius 1 is 0.867 bits per heavy atom. The Morgan fingerprint density at radius 2 is 1.50 bits per heavy atom. The molecule has 0 N–H and O–H groups in total. The Bertz CT molecular complexity index is 1020. The molecule has 0 aliphatic carbocycles. The van der Waals surface area contributed by atoms with Crippen molar-refractivity contribution in [2.45, 2.75) is 24.3 Å². The number of rotatable bonds is 5. The lowest BCUT2D eigenvalue weighted by Crippen LogP contribution is -2.48. The molecular weight excluding hydrogens is 445 g/mol. The summed E-state index contributed by atoms with van der Waals surface area (Å²) in [6.45, 7) is 3.27. The Morgan fingerprint density at radius 3 is 2.07 bits per heavy atom. The van der Waals surface area contributed by atoms with Crippen molar-refractivity contribution in [2.75, 3.05) is 37.6 Å². The van der Waals surface area contributed by atoms with Crippen molar-refractivity contribution < 1.29 is 13.2 Å². The summed E-state index contributed by atoms with van der Waals surface area (Å²) in [6.07, 6.45) is 1.38. The monoisotopic (exact) mass is 467 g/mol. The molecule has 2 aromatic carbocycles. The van der Waals surface area contributed by atoms with Crippen LogP contribution in [0.2, 0.25) is 10.0 Å². The van der Waals surface area contributed by atoms with Gasteiger partial charge in [-0.25, -0.2) is 8.42 Å². The number of halogens is 2. The van der Waals surface area contributed by atoms with E-state index in [1.807, 2.05) is 18.2 Å². The van der Waals surface area contributed by atoms with Crippen LogP contribution in [0.4, 0.5) is 5.69 Å². The molecule has 0 bridgehead atoms. The highest BCUT2D eigenvalue weighted by Gasteiger charge is 2.29. The SMILES string of the molecule is O=C1CCCN1c1ccc(S(=O)(=O)N2CCN(Cc3c(Cl)cccc3Cl)CC2)cc1. The zero-order chi connectivity index (χ0) is 21.3. The second-order valence-electron chi connectivity index (χ2n) is 7.52. The van der Waals surface area contributed by atoms with Crippen LogP contribution in [0.15, 0.2) is 47.4 Å². The van der Waals surface area contributed by atoms with Crippen molar-refractivity contribution >= 4 is 44.8 Å². The van der Waals surface area contributed by atoms with Crippen LogP contribution in [0, 0.1) is 0 Å². The van der Waals surface area contributed by atoms with Crippen molar-refractivity contribution in [3.8, 4) is 0 Å². The number of hydrogen-bond acceptors (Lipinski definition) is 4. The second kappa shape index (κ2) is 8.85. The van der Waals surface area contributed by atoms with Crippen LogP contribution in [0.1, 0.15) is 18.4 Å². The summed E-state index contributed by atoms with van der Waals surface area (Å²) in [5.41, 5.74) is 1.61. The van der Waals surface area contributed by atoms with Gasteiger partial charge in [-0.3, -0.25) is 9.69 Å². The summed E-state index contributed by atoms with van der Waals surface area (Å²) in [6, 6.07) is 12.0. The average molecular weight is 468 g/mol. The smallest absolute Gasteiger partial charge is 0.243 e. The number of benzene rings is 2. The van der Waals surface area contributed by atoms with Crippen molar-refractivity contribution in [1.82, 2.24) is 9.21 Å². The van der Waals surface area contributed by atoms with Crippen LogP contribution in [-0.2, 0) is 21.4 Å². The minimum atomic E-state index is -3.58. The van der Waals surface area contributed by atoms with Gasteiger partial charge in [0.2, 0.25) is 15.9 Å². The Labute approximate surface area is 187 Å². The maximum Gasteiger partial charge on any atom is 0.243 e. The van der Waals surface area contributed by atoms with Crippen molar-refractivity contribution in [1.29, 1.82) is 0 Å². The molecule has 2 fully saturated rings. The third-order valence-corrected chi connectivity index (χ3v) is 8.26. The van der Waals surface area contributed by atoms with E-state index in [0.717, 1.165) is 17.7 Å². The van der Waals surface area contributed by atoms with E-state index in [2.05, 4.69) is 4.90 Å². The van der Waals surface area contributed by atoms with Gasteiger partial charge in [0, 0.05) is 67.0 Å². The number of nitrogens with zero attached hydrogens (tertiary/aromatic N) is 3. The molecule has 0 saturated carbocycles. The number of anilines is 1. The van der Waals surface area contributed by atoms with Gasteiger partial charge in [0.25, 0.3) is 0 Å². The van der Waals surface area contributed by atoms with Crippen LogP contribution in [0.3, 0.4) is 0 Å². The summed E-state index contributed by atoms with van der Waals surface area (Å²) >= 11 is 12.5. The quantitative estimate of drug-likeness (QED) is 0.673. The fourth-order valence-corrected chi connectivity index (χ4v) is 5.84. The number of hydrogen-bond donors (Lipinski definition) is 0. The van der Waals surface area contributed by atoms with E-state index in [-0.39, 0.29) is 10.8 Å². The minimum absolute atomic E-state index is 0.0837. The normalized spacial score (nSPS) is 18.9. The van der Waals surface area contributed by atoms with E-state index in [4.69, 9.17) is 23.2 Å². The highest BCUT2D eigenvalue weighted by Crippen LogP contribution is 2.28. The molecule has 0 unspecified atom stereocenters. The van der Waals surface area contributed by atoms with Crippen LogP contribution in [0.25, 0.3) is 0 Å². The van der Waals surface area contributed by atoms with Crippen LogP contribution >= 0.6 is 23.2 Å². The van der Waals surface area contributed by atoms with Gasteiger partial charge in [0.1, 0.15) is 0 Å². The maximum atomic E-state index is 13.0. The molecule has 2 aliphatic rings. The lowest BCUT2D eigenvalue weighted by molar-refractivity contribution is -0.117. The summed E-state index contributed by atoms with van der Waals surface area (Å²) in [7, 11) is -3.58. The van der Waals surface area contributed by atoms with E-state index < -0.39 is 10.0 Å². The summed E-state index contributed by atoms with van der Waals surface area (Å²) in [5.74, 6) is 0.0837. The molecule has 0 atom stereocenters. The van der Waals surface area contributed by atoms with Crippen LogP contribution in [0.5, 0.6) is 0 Å². The predicted molar refractivity (Wildman–Crippen MR) is 119 cm³/mol. The standard InChI is InChI=1S/C21H23Cl2N3O3S/c22-19-3-1-4-20(23)18(19)15-24-11-13-25(14-12-24)30(28,29)17-8-6-16(7-9-17)26-10-2-5-21(26)27/h1,3-4,6-9H,2,5,10-15H2. The second-order valence-corrected chi connectivity index (χ2v) is 10.3. The number of carbonyl (C=O) groups excluding carboxylic acids is 1. The van der Waals surface area contributed by atoms with Gasteiger partial charge in [-0.15, -0.1) is 0 Å². The molecule has 9 heteroatoms. The molecule has 160 valence electrons. The Balaban J connectivity index is 1.40. The van der Waals surface area contributed by atoms with Gasteiger partial charge in [0.05, 0.1) is 4.90 Å². The molecule has 30 heavy (non-hydrogen) atoms. The molecule has 2 aliphatic heterocycles. The predicted octanol–water partition coefficient (Wildman–Crippen LogP) is 3.63. The Hall–Kier alpha value is -1.64. The first-order valence-corrected chi connectivity index (χ1v) is 12.1. The largest absolute Gasteiger partial charge is 0.312 e. The molecule has 0 aromatic heterocycles. The third-order valence-electron chi connectivity index (χ3n) is 5.63. The molecule has 1 amide bonds. The van der Waals surface area contributed by atoms with Gasteiger partial charge in [-0.2, -0.15) is 4.31 Å². The number of amides is 1. The summed E-state index contributed by atoms with van der Waals surface area (Å²) < 4.78 is 27.6. The minimum Gasteiger partial charge on any atom is -0.312 e. The van der Waals surface area contributed by atoms with E-state index in [1.54, 1.807) is 29.2 Å². The zero-order valence-electron chi connectivity index (χ0n) is 16.4. The van der Waals surface area contributed by atoms with E-state index in [9.17, 15) is 13.2 Å². The first-order valence-electron chi connectivity index (χ1n) is 9.92. The van der Waals surface area contributed by atoms with Crippen LogP contribution < -0.4 is 4.90 Å². The van der Waals surface area contributed by atoms with Gasteiger partial charge in [-0.1, -0.05) is 29.3 Å². The van der Waals surface area contributed by atoms with E-state index in [0.29, 0.717) is 55.7 Å². The van der Waals surface area contributed by atoms with Crippen molar-refractivity contribution in [3.63, 3.8) is 0 Å². The number of sulfonamides is 1. The van der Waals surface area contributed by atoms with Gasteiger partial charge in [-0.05, 0) is 42.8 Å². The molecule has 2 heterocycles. The molecule has 6 nitrogen and oxygen atoms in total. The molecule has 2 saturated heterocycles. The zero-order valence-corrected chi connectivity index (χ0v) is 18.8. The van der Waals surface area contributed by atoms with Crippen molar-refractivity contribution in [2.24, 2.45) is 0 Å². The fourth-order valence-electron chi connectivity index (χ4n) is 3.90. The fraction of sp³-hybridized carbons (Fsp3) is 0.381. The molecular formula is C21H23Cl2N3O3S. The average Bonchev–Trinajstić information content (AvgIpc) is 3.17. The summed E-state index contributed by atoms with van der Waals surface area (Å²) in [5, 5.41) is 1.24. The lowest BCUT2D eigenvalue weighted by Gasteiger charge is -2.34. The summed E-state index contributed by atoms with van der Waals surface area (Å²) in [4.78, 5) is 16.0. The third kappa shape index (κ3) is 4.36. The maximum absolute atomic E-state index is 13.0. The Kier molecular flexibility index (Phi) is 6.36. The topological polar surface area (TPSA) is 60.9 Å². The van der Waals surface area contributed by atoms with Gasteiger partial charge < -0.3 is 4.90 Å². The van der Waals surface area contributed by atoms with Gasteiger partial charge in [0.15, 0.2) is 0 Å². The first kappa shape index (κ1) is 21.6. The highest BCUT2D eigenvalue weighted by atomic mass is 35.5. The number of carbonyl (C=O) groups is 1. The highest BCUT2D eigenvalue weighted by molar-refractivity contribution is 7.89.